The van der Waals surface area contributed by atoms with Crippen molar-refractivity contribution in [3.8, 4) is 23.7 Å². The first-order chi connectivity index (χ1) is 15.2. The lowest BCUT2D eigenvalue weighted by Gasteiger charge is -2.27. The molecule has 0 radical (unpaired) electrons. The number of carbonyl (C=O) groups is 2. The van der Waals surface area contributed by atoms with Crippen LogP contribution in [0.15, 0.2) is 12.3 Å². The molecule has 3 heterocycles. The van der Waals surface area contributed by atoms with Gasteiger partial charge in [-0.1, -0.05) is 11.8 Å². The summed E-state index contributed by atoms with van der Waals surface area (Å²) < 4.78 is 29.0. The highest BCUT2D eigenvalue weighted by atomic mass is 32.2. The second-order valence-electron chi connectivity index (χ2n) is 7.93. The summed E-state index contributed by atoms with van der Waals surface area (Å²) in [4.78, 5) is 28.2. The summed E-state index contributed by atoms with van der Waals surface area (Å²) >= 11 is 0. The molecule has 10 nitrogen and oxygen atoms in total. The lowest BCUT2D eigenvalue weighted by molar-refractivity contribution is -0.131. The van der Waals surface area contributed by atoms with Crippen LogP contribution < -0.4 is 5.48 Å². The number of hydrogen-bond acceptors (Lipinski definition) is 7. The standard InChI is InChI=1S/C21H26N4O6S/c1-21(19(26)22-28,32(2,29)30)7-9-24-16-18-14-17(15-25(18)20(24)27)6-4-3-5-8-23-10-12-31-13-11-23/h14-15,28H,7-13,16H2,1-2H3,(H,22,26)/t21-/m1/s1. The topological polar surface area (TPSA) is 121 Å². The zero-order chi connectivity index (χ0) is 23.4. The maximum Gasteiger partial charge on any atom is 0.328 e. The molecule has 1 aromatic heterocycles. The number of nitrogens with zero attached hydrogens (tertiary/aromatic N) is 3. The molecule has 2 amide bonds. The van der Waals surface area contributed by atoms with E-state index < -0.39 is 20.5 Å². The van der Waals surface area contributed by atoms with Gasteiger partial charge in [0.2, 0.25) is 0 Å². The van der Waals surface area contributed by atoms with Gasteiger partial charge in [0.05, 0.1) is 26.3 Å². The molecule has 1 aromatic rings. The lowest BCUT2D eigenvalue weighted by Crippen LogP contribution is -2.50. The van der Waals surface area contributed by atoms with Crippen molar-refractivity contribution in [1.82, 2.24) is 19.8 Å². The van der Waals surface area contributed by atoms with Gasteiger partial charge in [0.15, 0.2) is 14.6 Å². The molecule has 1 fully saturated rings. The van der Waals surface area contributed by atoms with Crippen LogP contribution in [0.5, 0.6) is 0 Å². The minimum Gasteiger partial charge on any atom is -0.379 e. The number of amides is 2. The van der Waals surface area contributed by atoms with Crippen LogP contribution in [0.25, 0.3) is 0 Å². The Morgan fingerprint density at radius 3 is 2.66 bits per heavy atom. The number of morpholine rings is 1. The highest BCUT2D eigenvalue weighted by molar-refractivity contribution is 7.92. The van der Waals surface area contributed by atoms with E-state index in [2.05, 4.69) is 28.6 Å². The van der Waals surface area contributed by atoms with Gasteiger partial charge < -0.3 is 9.64 Å². The van der Waals surface area contributed by atoms with Crippen LogP contribution in [0.3, 0.4) is 0 Å². The van der Waals surface area contributed by atoms with E-state index in [-0.39, 0.29) is 25.5 Å². The molecule has 2 aliphatic rings. The summed E-state index contributed by atoms with van der Waals surface area (Å²) in [6.07, 6.45) is 2.39. The molecule has 11 heteroatoms. The fourth-order valence-corrected chi connectivity index (χ4v) is 4.30. The van der Waals surface area contributed by atoms with E-state index in [1.807, 2.05) is 0 Å². The molecular weight excluding hydrogens is 436 g/mol. The van der Waals surface area contributed by atoms with Crippen molar-refractivity contribution in [3.05, 3.63) is 23.5 Å². The molecule has 3 rings (SSSR count). The fraction of sp³-hybridized carbons (Fsp3) is 0.524. The molecule has 2 N–H and O–H groups in total. The smallest absolute Gasteiger partial charge is 0.328 e. The Hall–Kier alpha value is -2.83. The van der Waals surface area contributed by atoms with Crippen LogP contribution >= 0.6 is 0 Å². The van der Waals surface area contributed by atoms with E-state index >= 15 is 0 Å². The summed E-state index contributed by atoms with van der Waals surface area (Å²) in [5, 5.41) is 8.91. The number of hydrogen-bond donors (Lipinski definition) is 2. The number of hydroxylamine groups is 1. The number of sulfone groups is 1. The third kappa shape index (κ3) is 5.14. The van der Waals surface area contributed by atoms with Crippen molar-refractivity contribution in [1.29, 1.82) is 0 Å². The quantitative estimate of drug-likeness (QED) is 0.337. The molecule has 0 bridgehead atoms. The van der Waals surface area contributed by atoms with Crippen LogP contribution in [0.1, 0.15) is 24.6 Å². The van der Waals surface area contributed by atoms with Crippen LogP contribution in [-0.2, 0) is 25.9 Å². The lowest BCUT2D eigenvalue weighted by atomic mass is 10.1. The van der Waals surface area contributed by atoms with Gasteiger partial charge in [-0.15, -0.1) is 0 Å². The van der Waals surface area contributed by atoms with E-state index in [0.717, 1.165) is 32.6 Å². The summed E-state index contributed by atoms with van der Waals surface area (Å²) in [6, 6.07) is 1.46. The Kier molecular flexibility index (Phi) is 7.26. The predicted octanol–water partition coefficient (Wildman–Crippen LogP) is -0.342. The summed E-state index contributed by atoms with van der Waals surface area (Å²) in [5.74, 6) is 10.5. The fourth-order valence-electron chi connectivity index (χ4n) is 3.46. The molecule has 2 aliphatic heterocycles. The van der Waals surface area contributed by atoms with Crippen molar-refractivity contribution in [2.75, 3.05) is 45.6 Å². The Morgan fingerprint density at radius 2 is 2.03 bits per heavy atom. The van der Waals surface area contributed by atoms with Crippen LogP contribution in [-0.4, -0.2) is 90.3 Å². The number of rotatable bonds is 6. The van der Waals surface area contributed by atoms with Crippen molar-refractivity contribution < 1.29 is 28.0 Å². The van der Waals surface area contributed by atoms with E-state index in [9.17, 15) is 18.0 Å². The summed E-state index contributed by atoms with van der Waals surface area (Å²) in [6.45, 7) is 5.33. The molecule has 1 saturated heterocycles. The third-order valence-electron chi connectivity index (χ3n) is 5.75. The van der Waals surface area contributed by atoms with E-state index in [4.69, 9.17) is 9.94 Å². The highest BCUT2D eigenvalue weighted by Gasteiger charge is 2.44. The SMILES string of the molecule is C[C@@](CCN1Cc2cc(C#CC#CCN3CCOCC3)cn2C1=O)(C(=O)NO)S(C)(=O)=O. The molecule has 0 saturated carbocycles. The molecule has 172 valence electrons. The summed E-state index contributed by atoms with van der Waals surface area (Å²) in [5.41, 5.74) is 2.78. The van der Waals surface area contributed by atoms with Gasteiger partial charge in [-0.3, -0.25) is 19.5 Å². The molecular formula is C21H26N4O6S. The van der Waals surface area contributed by atoms with Crippen molar-refractivity contribution in [2.24, 2.45) is 0 Å². The predicted molar refractivity (Wildman–Crippen MR) is 115 cm³/mol. The first kappa shape index (κ1) is 23.8. The number of nitrogens with one attached hydrogen (secondary N) is 1. The van der Waals surface area contributed by atoms with Crippen LogP contribution in [0.4, 0.5) is 4.79 Å². The zero-order valence-corrected chi connectivity index (χ0v) is 18.9. The molecule has 0 aliphatic carbocycles. The Balaban J connectivity index is 1.59. The third-order valence-corrected chi connectivity index (χ3v) is 7.78. The molecule has 0 aromatic carbocycles. The average Bonchev–Trinajstić information content (AvgIpc) is 3.29. The van der Waals surface area contributed by atoms with Gasteiger partial charge in [0.25, 0.3) is 5.91 Å². The second kappa shape index (κ2) is 9.76. The Morgan fingerprint density at radius 1 is 1.31 bits per heavy atom. The maximum absolute atomic E-state index is 12.7. The minimum absolute atomic E-state index is 0.0333. The molecule has 1 atom stereocenters. The van der Waals surface area contributed by atoms with Crippen LogP contribution in [0.2, 0.25) is 0 Å². The normalized spacial score (nSPS) is 18.1. The molecule has 32 heavy (non-hydrogen) atoms. The number of ether oxygens (including phenoxy) is 1. The molecule has 0 unspecified atom stereocenters. The summed E-state index contributed by atoms with van der Waals surface area (Å²) in [7, 11) is -3.83. The largest absolute Gasteiger partial charge is 0.379 e. The van der Waals surface area contributed by atoms with Crippen molar-refractivity contribution >= 4 is 21.8 Å². The number of fused-ring (bicyclic) bond motifs is 1. The van der Waals surface area contributed by atoms with Gasteiger partial charge in [-0.2, -0.15) is 0 Å². The van der Waals surface area contributed by atoms with Gasteiger partial charge in [0, 0.05) is 43.3 Å². The second-order valence-corrected chi connectivity index (χ2v) is 10.4. The highest BCUT2D eigenvalue weighted by Crippen LogP contribution is 2.25. The van der Waals surface area contributed by atoms with E-state index in [0.29, 0.717) is 17.8 Å². The minimum atomic E-state index is -3.83. The van der Waals surface area contributed by atoms with Crippen molar-refractivity contribution in [3.63, 3.8) is 0 Å². The van der Waals surface area contributed by atoms with Gasteiger partial charge in [-0.25, -0.2) is 18.7 Å². The van der Waals surface area contributed by atoms with Gasteiger partial charge >= 0.3 is 6.03 Å². The van der Waals surface area contributed by atoms with Gasteiger partial charge in [-0.05, 0) is 31.3 Å². The van der Waals surface area contributed by atoms with Crippen LogP contribution in [0, 0.1) is 23.7 Å². The average molecular weight is 463 g/mol. The number of carbonyl (C=O) groups excluding carboxylic acids is 2. The van der Waals surface area contributed by atoms with Gasteiger partial charge in [0.1, 0.15) is 0 Å². The molecule has 0 spiro atoms. The zero-order valence-electron chi connectivity index (χ0n) is 18.0. The van der Waals surface area contributed by atoms with Crippen molar-refractivity contribution in [2.45, 2.75) is 24.6 Å². The number of aromatic nitrogens is 1. The Labute approximate surface area is 187 Å². The monoisotopic (exact) mass is 462 g/mol. The maximum atomic E-state index is 12.7. The first-order valence-corrected chi connectivity index (χ1v) is 12.0. The van der Waals surface area contributed by atoms with E-state index in [1.54, 1.807) is 12.3 Å². The first-order valence-electron chi connectivity index (χ1n) is 10.1. The van der Waals surface area contributed by atoms with E-state index in [1.165, 1.54) is 21.9 Å². The Bertz CT molecular complexity index is 1110.